The van der Waals surface area contributed by atoms with Crippen LogP contribution in [0.1, 0.15) is 6.92 Å². The first-order valence-corrected chi connectivity index (χ1v) is 5.33. The molecule has 1 atom stereocenters. The highest BCUT2D eigenvalue weighted by Crippen LogP contribution is 2.00. The minimum Gasteiger partial charge on any atom is -0.451 e. The van der Waals surface area contributed by atoms with Gasteiger partial charge < -0.3 is 9.30 Å². The molecule has 76 valence electrons. The van der Waals surface area contributed by atoms with Crippen LogP contribution in [0.4, 0.5) is 0 Å². The molecule has 0 aliphatic heterocycles. The summed E-state index contributed by atoms with van der Waals surface area (Å²) in [5.74, 6) is -0.403. The van der Waals surface area contributed by atoms with Gasteiger partial charge in [0.25, 0.3) is 5.56 Å². The van der Waals surface area contributed by atoms with Crippen LogP contribution in [0.2, 0.25) is 0 Å². The van der Waals surface area contributed by atoms with Gasteiger partial charge in [-0.3, -0.25) is 9.59 Å². The molecule has 0 saturated heterocycles. The molecule has 0 fully saturated rings. The Balaban J connectivity index is 2.65. The van der Waals surface area contributed by atoms with Gasteiger partial charge in [0, 0.05) is 12.3 Å². The first kappa shape index (κ1) is 11.2. The third kappa shape index (κ3) is 3.49. The number of esters is 1. The predicted molar refractivity (Wildman–Crippen MR) is 60.3 cm³/mol. The molecule has 0 N–H and O–H groups in total. The quantitative estimate of drug-likeness (QED) is 0.478. The predicted octanol–water partition coefficient (Wildman–Crippen LogP) is 1.17. The molecule has 0 radical (unpaired) electrons. The Morgan fingerprint density at radius 3 is 2.93 bits per heavy atom. The Kier molecular flexibility index (Phi) is 4.12. The van der Waals surface area contributed by atoms with E-state index in [4.69, 9.17) is 4.74 Å². The zero-order valence-electron chi connectivity index (χ0n) is 7.64. The second kappa shape index (κ2) is 5.14. The third-order valence-electron chi connectivity index (χ3n) is 1.49. The summed E-state index contributed by atoms with van der Waals surface area (Å²) in [5, 5.41) is 0. The smallest absolute Gasteiger partial charge is 0.327 e. The fraction of sp³-hybridized carbons (Fsp3) is 0.333. The molecule has 0 aromatic carbocycles. The Morgan fingerprint density at radius 2 is 2.36 bits per heavy atom. The molecular weight excluding hydrogens is 297 g/mol. The molecule has 5 heteroatoms. The van der Waals surface area contributed by atoms with Crippen molar-refractivity contribution in [2.45, 2.75) is 17.6 Å². The van der Waals surface area contributed by atoms with Gasteiger partial charge in [-0.05, 0) is 35.6 Å². The number of aromatic nitrogens is 1. The molecule has 1 aromatic heterocycles. The van der Waals surface area contributed by atoms with Crippen LogP contribution in [0.25, 0.3) is 0 Å². The van der Waals surface area contributed by atoms with E-state index in [0.29, 0.717) is 0 Å². The highest BCUT2D eigenvalue weighted by molar-refractivity contribution is 14.1. The fourth-order valence-corrected chi connectivity index (χ4v) is 1.23. The van der Waals surface area contributed by atoms with Gasteiger partial charge in [-0.1, -0.05) is 6.07 Å². The maximum absolute atomic E-state index is 11.2. The van der Waals surface area contributed by atoms with Crippen molar-refractivity contribution in [3.63, 3.8) is 0 Å². The van der Waals surface area contributed by atoms with E-state index in [9.17, 15) is 9.59 Å². The van der Waals surface area contributed by atoms with Crippen LogP contribution in [0.5, 0.6) is 0 Å². The number of hydrogen-bond acceptors (Lipinski definition) is 3. The van der Waals surface area contributed by atoms with Gasteiger partial charge in [-0.2, -0.15) is 0 Å². The number of nitrogens with zero attached hydrogens (tertiary/aromatic N) is 1. The molecule has 1 heterocycles. The molecule has 1 rings (SSSR count). The van der Waals surface area contributed by atoms with E-state index in [-0.39, 0.29) is 16.2 Å². The van der Waals surface area contributed by atoms with Crippen molar-refractivity contribution in [1.82, 2.24) is 4.57 Å². The van der Waals surface area contributed by atoms with E-state index in [0.717, 1.165) is 0 Å². The van der Waals surface area contributed by atoms with E-state index in [1.54, 1.807) is 25.3 Å². The lowest BCUT2D eigenvalue weighted by Crippen LogP contribution is -2.24. The number of rotatable bonds is 3. The van der Waals surface area contributed by atoms with Crippen molar-refractivity contribution in [1.29, 1.82) is 0 Å². The number of pyridine rings is 1. The maximum Gasteiger partial charge on any atom is 0.327 e. The molecule has 0 amide bonds. The van der Waals surface area contributed by atoms with Crippen molar-refractivity contribution in [3.05, 3.63) is 34.7 Å². The van der Waals surface area contributed by atoms with Crippen LogP contribution >= 0.6 is 22.6 Å². The van der Waals surface area contributed by atoms with Crippen molar-refractivity contribution in [2.24, 2.45) is 0 Å². The van der Waals surface area contributed by atoms with Gasteiger partial charge in [0.2, 0.25) is 0 Å². The van der Waals surface area contributed by atoms with Gasteiger partial charge in [-0.15, -0.1) is 0 Å². The van der Waals surface area contributed by atoms with E-state index in [1.807, 2.05) is 22.6 Å². The second-order valence-corrected chi connectivity index (χ2v) is 4.45. The summed E-state index contributed by atoms with van der Waals surface area (Å²) in [6.07, 6.45) is 1.56. The zero-order chi connectivity index (χ0) is 10.6. The summed E-state index contributed by atoms with van der Waals surface area (Å²) < 4.78 is 6.02. The summed E-state index contributed by atoms with van der Waals surface area (Å²) >= 11 is 1.98. The van der Waals surface area contributed by atoms with Crippen LogP contribution in [0.3, 0.4) is 0 Å². The van der Waals surface area contributed by atoms with E-state index < -0.39 is 5.97 Å². The standard InChI is InChI=1S/C9H10INO3/c1-7(10)14-9(13)6-11-5-3-2-4-8(11)12/h2-5,7H,6H2,1H3/t7-/m1/s1. The van der Waals surface area contributed by atoms with E-state index >= 15 is 0 Å². The van der Waals surface area contributed by atoms with Crippen molar-refractivity contribution in [2.75, 3.05) is 0 Å². The maximum atomic E-state index is 11.2. The average molecular weight is 307 g/mol. The lowest BCUT2D eigenvalue weighted by molar-refractivity contribution is -0.144. The monoisotopic (exact) mass is 307 g/mol. The lowest BCUT2D eigenvalue weighted by Gasteiger charge is -2.07. The Hall–Kier alpha value is -0.850. The largest absolute Gasteiger partial charge is 0.451 e. The van der Waals surface area contributed by atoms with Gasteiger partial charge in [0.1, 0.15) is 10.7 Å². The second-order valence-electron chi connectivity index (χ2n) is 2.70. The summed E-state index contributed by atoms with van der Waals surface area (Å²) in [6.45, 7) is 1.72. The van der Waals surface area contributed by atoms with E-state index in [2.05, 4.69) is 0 Å². The third-order valence-corrected chi connectivity index (χ3v) is 1.75. The minimum absolute atomic E-state index is 0.0347. The summed E-state index contributed by atoms with van der Waals surface area (Å²) in [5.41, 5.74) is -0.203. The van der Waals surface area contributed by atoms with Crippen LogP contribution < -0.4 is 5.56 Å². The molecule has 0 aliphatic rings. The lowest BCUT2D eigenvalue weighted by atomic mass is 10.4. The highest BCUT2D eigenvalue weighted by Gasteiger charge is 2.07. The number of carbonyl (C=O) groups is 1. The number of carbonyl (C=O) groups excluding carboxylic acids is 1. The van der Waals surface area contributed by atoms with Crippen LogP contribution in [-0.4, -0.2) is 14.6 Å². The zero-order valence-corrected chi connectivity index (χ0v) is 9.80. The van der Waals surface area contributed by atoms with Crippen molar-refractivity contribution in [3.8, 4) is 0 Å². The molecule has 14 heavy (non-hydrogen) atoms. The number of alkyl halides is 1. The highest BCUT2D eigenvalue weighted by atomic mass is 127. The molecule has 0 saturated carbocycles. The minimum atomic E-state index is -0.403. The van der Waals surface area contributed by atoms with Crippen LogP contribution in [0.15, 0.2) is 29.2 Å². The molecule has 0 spiro atoms. The topological polar surface area (TPSA) is 48.3 Å². The first-order chi connectivity index (χ1) is 6.59. The first-order valence-electron chi connectivity index (χ1n) is 4.08. The SMILES string of the molecule is C[C@H](I)OC(=O)Cn1ccccc1=O. The van der Waals surface area contributed by atoms with Gasteiger partial charge in [0.15, 0.2) is 0 Å². The molecule has 0 aliphatic carbocycles. The average Bonchev–Trinajstić information content (AvgIpc) is 2.07. The van der Waals surface area contributed by atoms with Gasteiger partial charge in [0.05, 0.1) is 0 Å². The van der Waals surface area contributed by atoms with Crippen molar-refractivity contribution >= 4 is 28.6 Å². The van der Waals surface area contributed by atoms with E-state index in [1.165, 1.54) is 10.6 Å². The Bertz CT molecular complexity index is 372. The summed E-state index contributed by atoms with van der Waals surface area (Å²) in [6, 6.07) is 4.73. The summed E-state index contributed by atoms with van der Waals surface area (Å²) in [7, 11) is 0. The Morgan fingerprint density at radius 1 is 1.64 bits per heavy atom. The molecule has 1 aromatic rings. The van der Waals surface area contributed by atoms with Crippen LogP contribution in [0, 0.1) is 0 Å². The van der Waals surface area contributed by atoms with Crippen molar-refractivity contribution < 1.29 is 9.53 Å². The Labute approximate surface area is 95.0 Å². The molecule has 4 nitrogen and oxygen atoms in total. The molecular formula is C9H10INO3. The number of halogens is 1. The normalized spacial score (nSPS) is 12.1. The number of ether oxygens (including phenoxy) is 1. The van der Waals surface area contributed by atoms with Gasteiger partial charge >= 0.3 is 5.97 Å². The van der Waals surface area contributed by atoms with Crippen LogP contribution in [-0.2, 0) is 16.1 Å². The number of hydrogen-bond donors (Lipinski definition) is 0. The molecule has 0 unspecified atom stereocenters. The molecule has 0 bridgehead atoms. The summed E-state index contributed by atoms with van der Waals surface area (Å²) in [4.78, 5) is 22.4. The van der Waals surface area contributed by atoms with Gasteiger partial charge in [-0.25, -0.2) is 0 Å². The fourth-order valence-electron chi connectivity index (χ4n) is 0.949.